The van der Waals surface area contributed by atoms with Gasteiger partial charge < -0.3 is 9.52 Å². The number of hydrogen-bond acceptors (Lipinski definition) is 5. The Bertz CT molecular complexity index is 393. The van der Waals surface area contributed by atoms with Crippen LogP contribution in [0, 0.1) is 10.1 Å². The van der Waals surface area contributed by atoms with Gasteiger partial charge in [0.25, 0.3) is 5.70 Å². The zero-order valence-corrected chi connectivity index (χ0v) is 7.91. The van der Waals surface area contributed by atoms with Crippen LogP contribution in [-0.4, -0.2) is 21.9 Å². The zero-order chi connectivity index (χ0) is 11.4. The maximum Gasteiger partial charge on any atom is 0.285 e. The van der Waals surface area contributed by atoms with E-state index < -0.39 is 22.5 Å². The molecular formula is C9H9NO5. The fraction of sp³-hybridized carbons (Fsp3) is 0.222. The fourth-order valence-corrected chi connectivity index (χ4v) is 0.959. The number of ketones is 1. The van der Waals surface area contributed by atoms with Crippen molar-refractivity contribution in [2.24, 2.45) is 0 Å². The summed E-state index contributed by atoms with van der Waals surface area (Å²) >= 11 is 0. The van der Waals surface area contributed by atoms with Gasteiger partial charge in [-0.2, -0.15) is 0 Å². The molecule has 1 aromatic rings. The second-order valence-electron chi connectivity index (χ2n) is 2.85. The van der Waals surface area contributed by atoms with Crippen molar-refractivity contribution in [1.29, 1.82) is 0 Å². The molecule has 0 fully saturated rings. The first-order valence-electron chi connectivity index (χ1n) is 4.10. The Morgan fingerprint density at radius 1 is 1.73 bits per heavy atom. The Morgan fingerprint density at radius 2 is 2.40 bits per heavy atom. The molecule has 0 saturated heterocycles. The highest BCUT2D eigenvalue weighted by Gasteiger charge is 2.26. The van der Waals surface area contributed by atoms with Crippen LogP contribution < -0.4 is 0 Å². The summed E-state index contributed by atoms with van der Waals surface area (Å²) in [6.07, 6.45) is 0.625. The highest BCUT2D eigenvalue weighted by atomic mass is 16.6. The fourth-order valence-electron chi connectivity index (χ4n) is 0.959. The number of carbonyl (C=O) groups excluding carboxylic acids is 1. The molecule has 0 aliphatic heterocycles. The van der Waals surface area contributed by atoms with E-state index in [4.69, 9.17) is 4.42 Å². The molecule has 6 nitrogen and oxygen atoms in total. The van der Waals surface area contributed by atoms with Gasteiger partial charge in [-0.3, -0.25) is 14.9 Å². The van der Waals surface area contributed by atoms with Gasteiger partial charge in [-0.25, -0.2) is 0 Å². The van der Waals surface area contributed by atoms with Crippen LogP contribution in [0.1, 0.15) is 12.7 Å². The summed E-state index contributed by atoms with van der Waals surface area (Å²) < 4.78 is 4.84. The molecule has 0 amide bonds. The summed E-state index contributed by atoms with van der Waals surface area (Å²) in [5.74, 6) is -0.480. The molecule has 6 heteroatoms. The number of aliphatic hydroxyl groups is 1. The van der Waals surface area contributed by atoms with Crippen LogP contribution in [-0.2, 0) is 4.79 Å². The predicted molar refractivity (Wildman–Crippen MR) is 50.4 cm³/mol. The third-order valence-electron chi connectivity index (χ3n) is 1.71. The van der Waals surface area contributed by atoms with E-state index in [1.165, 1.54) is 12.3 Å². The molecule has 1 atom stereocenters. The Hall–Kier alpha value is -1.95. The summed E-state index contributed by atoms with van der Waals surface area (Å²) in [7, 11) is 0. The van der Waals surface area contributed by atoms with Crippen LogP contribution in [0.2, 0.25) is 0 Å². The number of rotatable bonds is 4. The maximum absolute atomic E-state index is 10.8. The van der Waals surface area contributed by atoms with Gasteiger partial charge in [0, 0.05) is 0 Å². The smallest absolute Gasteiger partial charge is 0.285 e. The first-order chi connectivity index (χ1) is 7.02. The molecular weight excluding hydrogens is 202 g/mol. The second kappa shape index (κ2) is 4.52. The van der Waals surface area contributed by atoms with Gasteiger partial charge in [0.05, 0.1) is 17.3 Å². The van der Waals surface area contributed by atoms with Gasteiger partial charge in [0.1, 0.15) is 5.76 Å². The van der Waals surface area contributed by atoms with Gasteiger partial charge in [-0.15, -0.1) is 0 Å². The summed E-state index contributed by atoms with van der Waals surface area (Å²) in [4.78, 5) is 20.5. The summed E-state index contributed by atoms with van der Waals surface area (Å²) in [6.45, 7) is 1.07. The number of nitro groups is 1. The van der Waals surface area contributed by atoms with Crippen LogP contribution in [0.25, 0.3) is 6.08 Å². The van der Waals surface area contributed by atoms with E-state index in [-0.39, 0.29) is 5.76 Å². The minimum atomic E-state index is -1.73. The molecule has 1 heterocycles. The van der Waals surface area contributed by atoms with Gasteiger partial charge in [-0.1, -0.05) is 0 Å². The third kappa shape index (κ3) is 2.75. The Labute approximate surface area is 85.0 Å². The minimum absolute atomic E-state index is 0.210. The van der Waals surface area contributed by atoms with Gasteiger partial charge in [-0.05, 0) is 19.1 Å². The summed E-state index contributed by atoms with van der Waals surface area (Å²) in [5, 5.41) is 19.8. The average molecular weight is 211 g/mol. The van der Waals surface area contributed by atoms with E-state index in [2.05, 4.69) is 0 Å². The largest absolute Gasteiger partial charge is 0.465 e. The monoisotopic (exact) mass is 211 g/mol. The molecule has 1 N–H and O–H groups in total. The standard InChI is InChI=1S/C9H9NO5/c1-6(11)9(12)8(10(13)14)5-7-3-2-4-15-7/h2-5,9,12H,1H3/b8-5+. The number of furan rings is 1. The summed E-state index contributed by atoms with van der Waals surface area (Å²) in [6, 6.07) is 3.03. The molecule has 80 valence electrons. The van der Waals surface area contributed by atoms with E-state index in [1.807, 2.05) is 0 Å². The molecule has 1 aromatic heterocycles. The lowest BCUT2D eigenvalue weighted by Gasteiger charge is -2.02. The molecule has 0 radical (unpaired) electrons. The van der Waals surface area contributed by atoms with Crippen molar-refractivity contribution in [3.8, 4) is 0 Å². The maximum atomic E-state index is 10.8. The van der Waals surface area contributed by atoms with Gasteiger partial charge >= 0.3 is 0 Å². The average Bonchev–Trinajstić information content (AvgIpc) is 2.64. The number of hydrogen-bond donors (Lipinski definition) is 1. The van der Waals surface area contributed by atoms with Crippen molar-refractivity contribution in [3.05, 3.63) is 40.0 Å². The third-order valence-corrected chi connectivity index (χ3v) is 1.71. The summed E-state index contributed by atoms with van der Waals surface area (Å²) in [5.41, 5.74) is -0.600. The van der Waals surface area contributed by atoms with E-state index in [0.717, 1.165) is 13.0 Å². The van der Waals surface area contributed by atoms with Crippen molar-refractivity contribution in [1.82, 2.24) is 0 Å². The molecule has 0 bridgehead atoms. The first-order valence-corrected chi connectivity index (χ1v) is 4.10. The van der Waals surface area contributed by atoms with E-state index >= 15 is 0 Å². The van der Waals surface area contributed by atoms with Crippen LogP contribution >= 0.6 is 0 Å². The highest BCUT2D eigenvalue weighted by molar-refractivity contribution is 5.83. The van der Waals surface area contributed by atoms with E-state index in [0.29, 0.717) is 0 Å². The SMILES string of the molecule is CC(=O)C(O)/C(=C\c1ccco1)[N+](=O)[O-]. The number of Topliss-reactive ketones (excluding diaryl/α,β-unsaturated/α-hetero) is 1. The van der Waals surface area contributed by atoms with E-state index in [1.54, 1.807) is 6.07 Å². The second-order valence-corrected chi connectivity index (χ2v) is 2.85. The van der Waals surface area contributed by atoms with Crippen molar-refractivity contribution >= 4 is 11.9 Å². The van der Waals surface area contributed by atoms with Crippen LogP contribution in [0.4, 0.5) is 0 Å². The molecule has 0 saturated carbocycles. The lowest BCUT2D eigenvalue weighted by Crippen LogP contribution is -2.24. The van der Waals surface area contributed by atoms with Crippen molar-refractivity contribution in [3.63, 3.8) is 0 Å². The molecule has 0 aliphatic carbocycles. The lowest BCUT2D eigenvalue weighted by molar-refractivity contribution is -0.432. The molecule has 15 heavy (non-hydrogen) atoms. The van der Waals surface area contributed by atoms with Crippen LogP contribution in [0.5, 0.6) is 0 Å². The normalized spacial score (nSPS) is 13.6. The zero-order valence-electron chi connectivity index (χ0n) is 7.91. The number of aliphatic hydroxyl groups excluding tert-OH is 1. The molecule has 1 rings (SSSR count). The van der Waals surface area contributed by atoms with Gasteiger partial charge in [0.15, 0.2) is 5.78 Å². The van der Waals surface area contributed by atoms with Gasteiger partial charge in [0.2, 0.25) is 6.10 Å². The van der Waals surface area contributed by atoms with E-state index in [9.17, 15) is 20.0 Å². The molecule has 1 unspecified atom stereocenters. The minimum Gasteiger partial charge on any atom is -0.465 e. The predicted octanol–water partition coefficient (Wildman–Crippen LogP) is 0.847. The Morgan fingerprint density at radius 3 is 2.80 bits per heavy atom. The van der Waals surface area contributed by atoms with Crippen LogP contribution in [0.3, 0.4) is 0 Å². The Kier molecular flexibility index (Phi) is 3.35. The van der Waals surface area contributed by atoms with Crippen molar-refractivity contribution < 1.29 is 19.2 Å². The lowest BCUT2D eigenvalue weighted by atomic mass is 10.1. The highest BCUT2D eigenvalue weighted by Crippen LogP contribution is 2.12. The molecule has 0 spiro atoms. The number of nitrogens with zero attached hydrogens (tertiary/aromatic N) is 1. The Balaban J connectivity index is 3.03. The van der Waals surface area contributed by atoms with Crippen molar-refractivity contribution in [2.45, 2.75) is 13.0 Å². The first kappa shape index (κ1) is 11.1. The molecule has 0 aliphatic rings. The topological polar surface area (TPSA) is 93.6 Å². The quantitative estimate of drug-likeness (QED) is 0.588. The van der Waals surface area contributed by atoms with Crippen LogP contribution in [0.15, 0.2) is 28.5 Å². The number of carbonyl (C=O) groups is 1. The molecule has 0 aromatic carbocycles. The van der Waals surface area contributed by atoms with Crippen molar-refractivity contribution in [2.75, 3.05) is 0 Å².